The lowest BCUT2D eigenvalue weighted by atomic mass is 9.69. The lowest BCUT2D eigenvalue weighted by Crippen LogP contribution is -2.45. The van der Waals surface area contributed by atoms with Crippen LogP contribution < -0.4 is 4.74 Å². The number of pyridine rings is 1. The smallest absolute Gasteiger partial charge is 0.336 e. The number of aryl methyl sites for hydroxylation is 2. The second kappa shape index (κ2) is 8.38. The fourth-order valence-electron chi connectivity index (χ4n) is 5.61. The van der Waals surface area contributed by atoms with Crippen molar-refractivity contribution in [2.75, 3.05) is 19.8 Å². The van der Waals surface area contributed by atoms with Gasteiger partial charge in [-0.2, -0.15) is 0 Å². The number of carboxylic acids is 1. The van der Waals surface area contributed by atoms with Crippen LogP contribution in [0.25, 0.3) is 33.3 Å². The standard InChI is InChI=1S/C29H29NO5/c1-17-7-8-24(34-14-19-9-11-29(12-10-19)15-33-16-29)25-21(28(31)32)13-22(30-26(17)25)27-18(2)20-5-3-4-6-23(20)35-27/h3-8,13,19H,9-12,14-16H2,1-2H3,(H,31,32). The average Bonchev–Trinajstić information content (AvgIpc) is 3.19. The van der Waals surface area contributed by atoms with Gasteiger partial charge in [0.1, 0.15) is 17.0 Å². The van der Waals surface area contributed by atoms with E-state index in [0.29, 0.717) is 46.0 Å². The molecule has 35 heavy (non-hydrogen) atoms. The van der Waals surface area contributed by atoms with Crippen LogP contribution >= 0.6 is 0 Å². The molecule has 6 rings (SSSR count). The van der Waals surface area contributed by atoms with E-state index in [1.54, 1.807) is 6.07 Å². The van der Waals surface area contributed by atoms with Gasteiger partial charge in [0, 0.05) is 16.4 Å². The van der Waals surface area contributed by atoms with Crippen LogP contribution in [0.5, 0.6) is 5.75 Å². The normalized spacial score (nSPS) is 17.7. The largest absolute Gasteiger partial charge is 0.493 e. The van der Waals surface area contributed by atoms with Gasteiger partial charge in [0.05, 0.1) is 36.3 Å². The Balaban J connectivity index is 1.37. The molecule has 4 aromatic rings. The first-order valence-electron chi connectivity index (χ1n) is 12.3. The maximum absolute atomic E-state index is 12.4. The maximum atomic E-state index is 12.4. The molecule has 1 spiro atoms. The third-order valence-corrected chi connectivity index (χ3v) is 7.89. The zero-order chi connectivity index (χ0) is 24.2. The van der Waals surface area contributed by atoms with Crippen molar-refractivity contribution in [1.82, 2.24) is 4.98 Å². The number of nitrogens with zero attached hydrogens (tertiary/aromatic N) is 1. The summed E-state index contributed by atoms with van der Waals surface area (Å²) in [6.45, 7) is 6.29. The molecule has 0 atom stereocenters. The summed E-state index contributed by atoms with van der Waals surface area (Å²) in [5, 5.41) is 11.7. The summed E-state index contributed by atoms with van der Waals surface area (Å²) in [6, 6.07) is 13.2. The van der Waals surface area contributed by atoms with Gasteiger partial charge in [-0.15, -0.1) is 0 Å². The van der Waals surface area contributed by atoms with Gasteiger partial charge in [-0.25, -0.2) is 9.78 Å². The van der Waals surface area contributed by atoms with Crippen LogP contribution in [0.4, 0.5) is 0 Å². The number of hydrogen-bond acceptors (Lipinski definition) is 5. The monoisotopic (exact) mass is 471 g/mol. The minimum absolute atomic E-state index is 0.178. The highest BCUT2D eigenvalue weighted by Gasteiger charge is 2.41. The van der Waals surface area contributed by atoms with E-state index in [-0.39, 0.29) is 5.56 Å². The Bertz CT molecular complexity index is 1440. The molecule has 3 heterocycles. The number of furan rings is 1. The quantitative estimate of drug-likeness (QED) is 0.355. The van der Waals surface area contributed by atoms with Gasteiger partial charge in [-0.1, -0.05) is 24.3 Å². The Labute approximate surface area is 203 Å². The van der Waals surface area contributed by atoms with E-state index in [9.17, 15) is 9.90 Å². The number of fused-ring (bicyclic) bond motifs is 2. The Morgan fingerprint density at radius 2 is 1.91 bits per heavy atom. The first kappa shape index (κ1) is 22.1. The van der Waals surface area contributed by atoms with Gasteiger partial charge in [0.2, 0.25) is 0 Å². The fraction of sp³-hybridized carbons (Fsp3) is 0.379. The number of aromatic carboxylic acids is 1. The molecule has 1 aliphatic carbocycles. The molecule has 0 bridgehead atoms. The van der Waals surface area contributed by atoms with Crippen molar-refractivity contribution in [1.29, 1.82) is 0 Å². The molecule has 2 aromatic heterocycles. The van der Waals surface area contributed by atoms with E-state index < -0.39 is 5.97 Å². The lowest BCUT2D eigenvalue weighted by Gasteiger charge is -2.46. The molecule has 1 aliphatic heterocycles. The van der Waals surface area contributed by atoms with Gasteiger partial charge >= 0.3 is 5.97 Å². The maximum Gasteiger partial charge on any atom is 0.336 e. The van der Waals surface area contributed by atoms with E-state index in [1.165, 1.54) is 12.8 Å². The van der Waals surface area contributed by atoms with E-state index >= 15 is 0 Å². The van der Waals surface area contributed by atoms with E-state index in [2.05, 4.69) is 0 Å². The molecule has 2 fully saturated rings. The fourth-order valence-corrected chi connectivity index (χ4v) is 5.61. The van der Waals surface area contributed by atoms with Crippen LogP contribution in [0.2, 0.25) is 0 Å². The van der Waals surface area contributed by atoms with Crippen molar-refractivity contribution in [3.05, 3.63) is 59.2 Å². The summed E-state index contributed by atoms with van der Waals surface area (Å²) >= 11 is 0. The van der Waals surface area contributed by atoms with E-state index in [4.69, 9.17) is 18.9 Å². The SMILES string of the molecule is Cc1c(-c2cc(C(=O)O)c3c(OCC4CCC5(CC4)COC5)ccc(C)c3n2)oc2ccccc12. The predicted molar refractivity (Wildman–Crippen MR) is 134 cm³/mol. The Morgan fingerprint density at radius 3 is 2.60 bits per heavy atom. The Morgan fingerprint density at radius 1 is 1.14 bits per heavy atom. The Kier molecular flexibility index (Phi) is 5.29. The Hall–Kier alpha value is -3.38. The summed E-state index contributed by atoms with van der Waals surface area (Å²) in [5.74, 6) is 0.636. The number of para-hydroxylation sites is 1. The highest BCUT2D eigenvalue weighted by Crippen LogP contribution is 2.44. The highest BCUT2D eigenvalue weighted by atomic mass is 16.5. The van der Waals surface area contributed by atoms with Crippen LogP contribution in [0, 0.1) is 25.2 Å². The molecular weight excluding hydrogens is 442 g/mol. The van der Waals surface area contributed by atoms with Crippen molar-refractivity contribution in [3.63, 3.8) is 0 Å². The van der Waals surface area contributed by atoms with Gasteiger partial charge in [-0.3, -0.25) is 0 Å². The number of carboxylic acid groups (broad SMARTS) is 1. The molecule has 6 heteroatoms. The molecule has 6 nitrogen and oxygen atoms in total. The molecule has 1 N–H and O–H groups in total. The van der Waals surface area contributed by atoms with Crippen molar-refractivity contribution in [2.24, 2.45) is 11.3 Å². The summed E-state index contributed by atoms with van der Waals surface area (Å²) in [6.07, 6.45) is 4.59. The summed E-state index contributed by atoms with van der Waals surface area (Å²) in [5.41, 5.74) is 4.33. The number of benzene rings is 2. The molecule has 0 radical (unpaired) electrons. The number of hydrogen-bond donors (Lipinski definition) is 1. The number of carbonyl (C=O) groups is 1. The zero-order valence-electron chi connectivity index (χ0n) is 20.1. The molecule has 1 saturated carbocycles. The first-order chi connectivity index (χ1) is 16.9. The number of rotatable bonds is 5. The third-order valence-electron chi connectivity index (χ3n) is 7.89. The van der Waals surface area contributed by atoms with Crippen molar-refractivity contribution in [3.8, 4) is 17.2 Å². The topological polar surface area (TPSA) is 81.8 Å². The highest BCUT2D eigenvalue weighted by molar-refractivity contribution is 6.07. The summed E-state index contributed by atoms with van der Waals surface area (Å²) < 4.78 is 17.8. The summed E-state index contributed by atoms with van der Waals surface area (Å²) in [7, 11) is 0. The predicted octanol–water partition coefficient (Wildman–Crippen LogP) is 6.55. The van der Waals surface area contributed by atoms with Crippen LogP contribution in [0.15, 0.2) is 46.9 Å². The second-order valence-electron chi connectivity index (χ2n) is 10.3. The van der Waals surface area contributed by atoms with E-state index in [0.717, 1.165) is 48.2 Å². The van der Waals surface area contributed by atoms with Gasteiger partial charge < -0.3 is 19.0 Å². The van der Waals surface area contributed by atoms with Crippen molar-refractivity contribution < 1.29 is 23.8 Å². The van der Waals surface area contributed by atoms with E-state index in [1.807, 2.05) is 50.2 Å². The van der Waals surface area contributed by atoms with Crippen LogP contribution in [-0.4, -0.2) is 35.9 Å². The molecule has 0 amide bonds. The molecule has 2 aliphatic rings. The number of aromatic nitrogens is 1. The van der Waals surface area contributed by atoms with Gasteiger partial charge in [0.15, 0.2) is 5.76 Å². The van der Waals surface area contributed by atoms with Crippen LogP contribution in [0.1, 0.15) is 47.2 Å². The zero-order valence-corrected chi connectivity index (χ0v) is 20.1. The first-order valence-corrected chi connectivity index (χ1v) is 12.3. The number of ether oxygens (including phenoxy) is 2. The van der Waals surface area contributed by atoms with Crippen LogP contribution in [0.3, 0.4) is 0 Å². The van der Waals surface area contributed by atoms with Crippen molar-refractivity contribution >= 4 is 27.8 Å². The van der Waals surface area contributed by atoms with Gasteiger partial charge in [-0.05, 0) is 69.2 Å². The molecule has 2 aromatic carbocycles. The molecule has 1 saturated heterocycles. The minimum Gasteiger partial charge on any atom is -0.493 e. The van der Waals surface area contributed by atoms with Gasteiger partial charge in [0.25, 0.3) is 0 Å². The lowest BCUT2D eigenvalue weighted by molar-refractivity contribution is -0.137. The average molecular weight is 472 g/mol. The summed E-state index contributed by atoms with van der Waals surface area (Å²) in [4.78, 5) is 17.3. The second-order valence-corrected chi connectivity index (χ2v) is 10.3. The molecular formula is C29H29NO5. The third kappa shape index (κ3) is 3.76. The molecule has 0 unspecified atom stereocenters. The minimum atomic E-state index is -1.01. The molecule has 180 valence electrons. The van der Waals surface area contributed by atoms with Crippen LogP contribution in [-0.2, 0) is 4.74 Å². The van der Waals surface area contributed by atoms with Crippen molar-refractivity contribution in [2.45, 2.75) is 39.5 Å².